The highest BCUT2D eigenvalue weighted by molar-refractivity contribution is 8.12. The zero-order chi connectivity index (χ0) is 38.0. The van der Waals surface area contributed by atoms with Gasteiger partial charge in [-0.1, -0.05) is 35.3 Å². The van der Waals surface area contributed by atoms with Crippen LogP contribution in [0, 0.1) is 5.92 Å². The molecule has 1 saturated carbocycles. The van der Waals surface area contributed by atoms with Crippen LogP contribution in [0.2, 0.25) is 5.02 Å². The Hall–Kier alpha value is -3.54. The van der Waals surface area contributed by atoms with Crippen molar-refractivity contribution in [2.75, 3.05) is 37.7 Å². The Morgan fingerprint density at radius 3 is 2.35 bits per heavy atom. The summed E-state index contributed by atoms with van der Waals surface area (Å²) < 4.78 is 60.9. The van der Waals surface area contributed by atoms with Gasteiger partial charge >= 0.3 is 31.5 Å². The molecule has 1 atom stereocenters. The SMILES string of the molecule is CCOC(=O)CN([C@H]1CCN(c2ccc3c(C(=O)NCC4CCCCC4)c(Cl)ccc3n2)C1)S(=O)(=O)NC(=O)OC(C)(C)C.O=C=NS(=O)(=O)Cl. The fourth-order valence-corrected chi connectivity index (χ4v) is 7.36. The Morgan fingerprint density at radius 1 is 1.08 bits per heavy atom. The first-order valence-corrected chi connectivity index (χ1v) is 20.3. The van der Waals surface area contributed by atoms with Crippen molar-refractivity contribution in [3.8, 4) is 0 Å². The van der Waals surface area contributed by atoms with E-state index in [0.29, 0.717) is 52.7 Å². The largest absolute Gasteiger partial charge is 0.465 e. The molecule has 2 aliphatic rings. The van der Waals surface area contributed by atoms with Crippen LogP contribution < -0.4 is 14.9 Å². The molecule has 51 heavy (non-hydrogen) atoms. The zero-order valence-corrected chi connectivity index (χ0v) is 31.8. The Morgan fingerprint density at radius 2 is 1.76 bits per heavy atom. The number of ether oxygens (including phenoxy) is 2. The first-order valence-electron chi connectivity index (χ1n) is 16.2. The number of nitrogens with one attached hydrogen (secondary N) is 2. The van der Waals surface area contributed by atoms with E-state index in [1.54, 1.807) is 52.0 Å². The summed E-state index contributed by atoms with van der Waals surface area (Å²) >= 11 is 6.48. The third kappa shape index (κ3) is 13.2. The number of pyridine rings is 1. The molecule has 20 heteroatoms. The minimum absolute atomic E-state index is 0.0780. The van der Waals surface area contributed by atoms with Crippen LogP contribution in [0.5, 0.6) is 0 Å². The average Bonchev–Trinajstić information content (AvgIpc) is 3.51. The number of rotatable bonds is 11. The molecule has 1 aliphatic heterocycles. The van der Waals surface area contributed by atoms with E-state index < -0.39 is 49.7 Å². The second-order valence-electron chi connectivity index (χ2n) is 12.8. The zero-order valence-electron chi connectivity index (χ0n) is 28.7. The Bertz CT molecular complexity index is 1840. The lowest BCUT2D eigenvalue weighted by Gasteiger charge is -2.28. The Balaban J connectivity index is 0.000000908. The molecule has 0 bridgehead atoms. The molecule has 0 radical (unpaired) electrons. The molecule has 1 aromatic carbocycles. The summed E-state index contributed by atoms with van der Waals surface area (Å²) in [5.41, 5.74) is 0.0245. The van der Waals surface area contributed by atoms with Gasteiger partial charge in [0.25, 0.3) is 12.0 Å². The van der Waals surface area contributed by atoms with Crippen LogP contribution >= 0.6 is 22.3 Å². The van der Waals surface area contributed by atoms with Crippen LogP contribution in [0.1, 0.15) is 76.6 Å². The van der Waals surface area contributed by atoms with Crippen molar-refractivity contribution < 1.29 is 45.5 Å². The number of esters is 1. The predicted octanol–water partition coefficient (Wildman–Crippen LogP) is 4.22. The number of fused-ring (bicyclic) bond motifs is 1. The summed E-state index contributed by atoms with van der Waals surface area (Å²) in [6.45, 7) is 7.22. The van der Waals surface area contributed by atoms with Crippen LogP contribution in [-0.4, -0.2) is 94.6 Å². The Labute approximate surface area is 307 Å². The van der Waals surface area contributed by atoms with Gasteiger partial charge < -0.3 is 19.7 Å². The molecule has 16 nitrogen and oxygen atoms in total. The number of hydrogen-bond donors (Lipinski definition) is 2. The average molecular weight is 794 g/mol. The number of anilines is 1. The van der Waals surface area contributed by atoms with Gasteiger partial charge in [-0.3, -0.25) is 9.59 Å². The van der Waals surface area contributed by atoms with E-state index in [1.165, 1.54) is 19.3 Å². The highest BCUT2D eigenvalue weighted by Gasteiger charge is 2.39. The number of isocyanates is 1. The van der Waals surface area contributed by atoms with E-state index in [4.69, 9.17) is 30.9 Å². The van der Waals surface area contributed by atoms with E-state index in [2.05, 4.69) is 20.4 Å². The van der Waals surface area contributed by atoms with Crippen LogP contribution in [-0.2, 0) is 38.5 Å². The molecule has 2 N–H and O–H groups in total. The maximum absolute atomic E-state index is 13.3. The van der Waals surface area contributed by atoms with Crippen LogP contribution in [0.3, 0.4) is 0 Å². The molecule has 282 valence electrons. The van der Waals surface area contributed by atoms with Gasteiger partial charge in [0.1, 0.15) is 18.0 Å². The molecule has 2 heterocycles. The lowest BCUT2D eigenvalue weighted by atomic mass is 9.89. The Kier molecular flexibility index (Phi) is 15.0. The first kappa shape index (κ1) is 41.9. The molecule has 2 amide bonds. The number of carbonyl (C=O) groups excluding carboxylic acids is 4. The standard InChI is InChI=1S/C30H42ClN5O7S.CClNO3S/c1-5-42-26(37)19-36(44(40,41)34-29(39)43-30(2,3)4)21-15-16-35(18-21)25-14-11-22-24(33-25)13-12-23(31)27(22)28(38)32-17-20-9-7-6-8-10-20;2-7(5,6)3-1-4/h11-14,20-21H,5-10,15-19H2,1-4H3,(H,32,38)(H,34,39);/t21-;/m0./s1. The highest BCUT2D eigenvalue weighted by atomic mass is 35.7. The number of amides is 2. The van der Waals surface area contributed by atoms with Crippen LogP contribution in [0.25, 0.3) is 10.9 Å². The van der Waals surface area contributed by atoms with Gasteiger partial charge in [-0.05, 0) is 77.1 Å². The van der Waals surface area contributed by atoms with Gasteiger partial charge in [0.2, 0.25) is 0 Å². The molecular weight excluding hydrogens is 751 g/mol. The highest BCUT2D eigenvalue weighted by Crippen LogP contribution is 2.30. The molecule has 4 rings (SSSR count). The van der Waals surface area contributed by atoms with Gasteiger partial charge in [0, 0.05) is 41.7 Å². The van der Waals surface area contributed by atoms with E-state index in [9.17, 15) is 31.2 Å². The van der Waals surface area contributed by atoms with Gasteiger partial charge in [0.15, 0.2) is 0 Å². The van der Waals surface area contributed by atoms with Gasteiger partial charge in [-0.2, -0.15) is 21.1 Å². The topological polar surface area (TPSA) is 211 Å². The minimum atomic E-state index is -4.46. The number of halogens is 2. The monoisotopic (exact) mass is 792 g/mol. The third-order valence-corrected chi connectivity index (χ3v) is 10.1. The fraction of sp³-hybridized carbons (Fsp3) is 0.581. The van der Waals surface area contributed by atoms with Crippen molar-refractivity contribution in [1.82, 2.24) is 19.3 Å². The van der Waals surface area contributed by atoms with Crippen molar-refractivity contribution >= 4 is 82.5 Å². The van der Waals surface area contributed by atoms with Crippen LogP contribution in [0.4, 0.5) is 10.6 Å². The van der Waals surface area contributed by atoms with Crippen molar-refractivity contribution in [3.05, 3.63) is 34.9 Å². The smallest absolute Gasteiger partial charge is 0.422 e. The fourth-order valence-electron chi connectivity index (χ4n) is 5.73. The van der Waals surface area contributed by atoms with Gasteiger partial charge in [0.05, 0.1) is 22.7 Å². The van der Waals surface area contributed by atoms with Crippen molar-refractivity contribution in [1.29, 1.82) is 0 Å². The van der Waals surface area contributed by atoms with E-state index in [1.807, 2.05) is 9.62 Å². The van der Waals surface area contributed by atoms with Gasteiger partial charge in [-0.25, -0.2) is 19.3 Å². The summed E-state index contributed by atoms with van der Waals surface area (Å²) in [6, 6.07) is 6.29. The van der Waals surface area contributed by atoms with E-state index in [-0.39, 0.29) is 19.1 Å². The molecule has 0 unspecified atom stereocenters. The number of aromatic nitrogens is 1. The number of benzene rings is 1. The second kappa shape index (κ2) is 18.3. The third-order valence-electron chi connectivity index (χ3n) is 7.86. The normalized spacial score (nSPS) is 16.8. The number of hydrogen-bond acceptors (Lipinski definition) is 12. The molecule has 2 fully saturated rings. The molecule has 0 spiro atoms. The van der Waals surface area contributed by atoms with Gasteiger partial charge in [-0.15, -0.1) is 0 Å². The van der Waals surface area contributed by atoms with Crippen molar-refractivity contribution in [2.45, 2.75) is 77.9 Å². The summed E-state index contributed by atoms with van der Waals surface area (Å²) in [5, 5.41) is 4.01. The van der Waals surface area contributed by atoms with E-state index in [0.717, 1.165) is 23.2 Å². The minimum Gasteiger partial charge on any atom is -0.465 e. The molecule has 1 saturated heterocycles. The number of carbonyl (C=O) groups is 3. The van der Waals surface area contributed by atoms with Crippen molar-refractivity contribution in [2.24, 2.45) is 10.3 Å². The quantitative estimate of drug-likeness (QED) is 0.142. The molecule has 2 aromatic rings. The molecule has 1 aromatic heterocycles. The predicted molar refractivity (Wildman–Crippen MR) is 191 cm³/mol. The lowest BCUT2D eigenvalue weighted by molar-refractivity contribution is -0.143. The second-order valence-corrected chi connectivity index (χ2v) is 17.0. The van der Waals surface area contributed by atoms with E-state index >= 15 is 0 Å². The first-order chi connectivity index (χ1) is 23.8. The molecule has 1 aliphatic carbocycles. The van der Waals surface area contributed by atoms with Crippen LogP contribution in [0.15, 0.2) is 28.7 Å². The summed E-state index contributed by atoms with van der Waals surface area (Å²) in [5.74, 6) is 0.0695. The van der Waals surface area contributed by atoms with Crippen molar-refractivity contribution in [3.63, 3.8) is 0 Å². The number of nitrogens with zero attached hydrogens (tertiary/aromatic N) is 4. The summed E-state index contributed by atoms with van der Waals surface area (Å²) in [7, 11) is -4.09. The lowest BCUT2D eigenvalue weighted by Crippen LogP contribution is -2.52. The molecular formula is C31H42Cl2N6O10S2. The maximum Gasteiger partial charge on any atom is 0.422 e. The maximum atomic E-state index is 13.3. The summed E-state index contributed by atoms with van der Waals surface area (Å²) in [6.07, 6.45) is 5.83. The summed E-state index contributed by atoms with van der Waals surface area (Å²) in [4.78, 5) is 53.6.